The van der Waals surface area contributed by atoms with E-state index in [4.69, 9.17) is 17.2 Å². The average molecular weight is 984 g/mol. The van der Waals surface area contributed by atoms with Crippen molar-refractivity contribution in [3.63, 3.8) is 0 Å². The van der Waals surface area contributed by atoms with Gasteiger partial charge in [0.25, 0.3) is 0 Å². The summed E-state index contributed by atoms with van der Waals surface area (Å²) in [5, 5.41) is 19.3. The lowest BCUT2D eigenvalue weighted by molar-refractivity contribution is -0.138. The van der Waals surface area contributed by atoms with Crippen LogP contribution >= 0.6 is 0 Å². The van der Waals surface area contributed by atoms with Crippen molar-refractivity contribution < 1.29 is 43.2 Å². The van der Waals surface area contributed by atoms with Gasteiger partial charge in [0.15, 0.2) is 0 Å². The fourth-order valence-electron chi connectivity index (χ4n) is 7.59. The number of nitrogens with two attached hydrogens (primary N) is 3. The number of fused-ring (bicyclic) bond motifs is 1. The summed E-state index contributed by atoms with van der Waals surface area (Å²) < 4.78 is 0. The lowest BCUT2D eigenvalue weighted by atomic mass is 9.98. The first-order chi connectivity index (χ1) is 33.4. The topological polar surface area (TPSA) is 360 Å². The number of nitrogens with one attached hydrogen (secondary N) is 9. The van der Waals surface area contributed by atoms with Gasteiger partial charge in [0.05, 0.1) is 12.4 Å². The highest BCUT2D eigenvalue weighted by molar-refractivity contribution is 5.99. The molecule has 71 heavy (non-hydrogen) atoms. The Morgan fingerprint density at radius 1 is 0.648 bits per heavy atom. The van der Waals surface area contributed by atoms with Crippen LogP contribution in [0.1, 0.15) is 84.5 Å². The second kappa shape index (κ2) is 25.8. The van der Waals surface area contributed by atoms with Gasteiger partial charge in [-0.1, -0.05) is 76.2 Å². The van der Waals surface area contributed by atoms with Crippen LogP contribution in [0.2, 0.25) is 0 Å². The van der Waals surface area contributed by atoms with Crippen LogP contribution in [-0.4, -0.2) is 116 Å². The first kappa shape index (κ1) is 56.0. The molecule has 0 saturated heterocycles. The van der Waals surface area contributed by atoms with Crippen LogP contribution in [0.25, 0.3) is 10.9 Å². The molecule has 0 aliphatic carbocycles. The Morgan fingerprint density at radius 2 is 1.25 bits per heavy atom. The van der Waals surface area contributed by atoms with Crippen molar-refractivity contribution in [1.82, 2.24) is 52.2 Å². The normalized spacial score (nSPS) is 14.5. The van der Waals surface area contributed by atoms with Crippen molar-refractivity contribution >= 4 is 64.1 Å². The van der Waals surface area contributed by atoms with Gasteiger partial charge in [0.1, 0.15) is 41.8 Å². The SMILES string of the molecule is CC(C)CC(NC(=O)C(Cc1cnc[nH]1)NC(=O)C(C)(C)NC(=O)C(NC(=O)C(C)NC(=O)C(Cc1c[nH]c2ccccc12)NC(=O)C(CCC(N)=O)NC(=O)C(N)Cc1ccccc1)C(C)C)C(N)=O. The summed E-state index contributed by atoms with van der Waals surface area (Å²) in [4.78, 5) is 131. The van der Waals surface area contributed by atoms with Crippen molar-refractivity contribution in [2.75, 3.05) is 0 Å². The van der Waals surface area contributed by atoms with E-state index in [0.29, 0.717) is 11.3 Å². The molecule has 7 unspecified atom stereocenters. The maximum Gasteiger partial charge on any atom is 0.245 e. The molecule has 4 rings (SSSR count). The van der Waals surface area contributed by atoms with Crippen LogP contribution in [0.4, 0.5) is 0 Å². The third-order valence-corrected chi connectivity index (χ3v) is 11.6. The minimum Gasteiger partial charge on any atom is -0.370 e. The van der Waals surface area contributed by atoms with Gasteiger partial charge >= 0.3 is 0 Å². The van der Waals surface area contributed by atoms with Gasteiger partial charge in [-0.25, -0.2) is 4.98 Å². The number of imidazole rings is 1. The minimum absolute atomic E-state index is 0.00905. The van der Waals surface area contributed by atoms with Crippen LogP contribution in [0.5, 0.6) is 0 Å². The number of benzene rings is 2. The van der Waals surface area contributed by atoms with Crippen LogP contribution in [-0.2, 0) is 62.4 Å². The van der Waals surface area contributed by atoms with Crippen molar-refractivity contribution in [2.24, 2.45) is 29.0 Å². The van der Waals surface area contributed by atoms with Gasteiger partial charge in [0, 0.05) is 48.3 Å². The first-order valence-electron chi connectivity index (χ1n) is 23.5. The number of primary amides is 2. The monoisotopic (exact) mass is 984 g/mol. The summed E-state index contributed by atoms with van der Waals surface area (Å²) in [6, 6.07) is 7.76. The van der Waals surface area contributed by atoms with Gasteiger partial charge in [-0.05, 0) is 69.1 Å². The molecule has 15 N–H and O–H groups in total. The quantitative estimate of drug-likeness (QED) is 0.0362. The number of aromatic amines is 2. The molecule has 22 heteroatoms. The molecule has 22 nitrogen and oxygen atoms in total. The highest BCUT2D eigenvalue weighted by Gasteiger charge is 2.38. The van der Waals surface area contributed by atoms with Gasteiger partial charge in [-0.15, -0.1) is 0 Å². The van der Waals surface area contributed by atoms with E-state index in [0.717, 1.165) is 16.5 Å². The molecule has 2 aromatic carbocycles. The van der Waals surface area contributed by atoms with E-state index in [1.54, 1.807) is 50.4 Å². The Labute approximate surface area is 412 Å². The van der Waals surface area contributed by atoms with E-state index in [1.807, 2.05) is 38.1 Å². The van der Waals surface area contributed by atoms with E-state index in [1.165, 1.54) is 33.3 Å². The zero-order valence-electron chi connectivity index (χ0n) is 41.2. The number of hydrogen-bond donors (Lipinski definition) is 12. The Bertz CT molecular complexity index is 2490. The van der Waals surface area contributed by atoms with Crippen molar-refractivity contribution in [3.8, 4) is 0 Å². The molecular formula is C49H69N13O9. The van der Waals surface area contributed by atoms with E-state index in [-0.39, 0.29) is 44.4 Å². The number of aromatic nitrogens is 3. The average Bonchev–Trinajstić information content (AvgIpc) is 3.98. The van der Waals surface area contributed by atoms with Crippen molar-refractivity contribution in [3.05, 3.63) is 90.1 Å². The maximum absolute atomic E-state index is 14.2. The molecule has 7 atom stereocenters. The largest absolute Gasteiger partial charge is 0.370 e. The molecule has 0 bridgehead atoms. The van der Waals surface area contributed by atoms with E-state index >= 15 is 0 Å². The minimum atomic E-state index is -1.67. The van der Waals surface area contributed by atoms with Crippen LogP contribution < -0.4 is 54.4 Å². The Balaban J connectivity index is 1.49. The number of hydrogen-bond acceptors (Lipinski definition) is 11. The van der Waals surface area contributed by atoms with Crippen molar-refractivity contribution in [2.45, 2.75) is 135 Å². The zero-order chi connectivity index (χ0) is 52.6. The third kappa shape index (κ3) is 17.1. The molecule has 9 amide bonds. The fourth-order valence-corrected chi connectivity index (χ4v) is 7.59. The lowest BCUT2D eigenvalue weighted by Crippen LogP contribution is -2.64. The standard InChI is InChI=1S/C49H69N13O9/c1-26(2)19-36(41(52)64)58-46(69)38(22-31-24-53-25-55-31)60-48(71)49(6,7)62-47(70)40(27(3)4)61-42(65)28(5)56-45(68)37(21-30-23-54-34-16-12-11-15-32(30)34)59-44(67)35(17-18-39(51)63)57-43(66)33(50)20-29-13-9-8-10-14-29/h8-16,23-28,33,35-38,40,54H,17-22,50H2,1-7H3,(H2,51,63)(H2,52,64)(H,53,55)(H,56,68)(H,57,66)(H,58,69)(H,59,67)(H,60,71)(H,61,65)(H,62,70). The van der Waals surface area contributed by atoms with E-state index < -0.39 is 107 Å². The second-order valence-electron chi connectivity index (χ2n) is 19.0. The summed E-state index contributed by atoms with van der Waals surface area (Å²) in [6.45, 7) is 11.2. The Kier molecular flexibility index (Phi) is 20.4. The lowest BCUT2D eigenvalue weighted by Gasteiger charge is -2.31. The predicted octanol–water partition coefficient (Wildman–Crippen LogP) is -0.477. The fraction of sp³-hybridized carbons (Fsp3) is 0.469. The molecule has 0 aliphatic rings. The van der Waals surface area contributed by atoms with Gasteiger partial charge in [-0.3, -0.25) is 43.2 Å². The molecule has 2 aromatic heterocycles. The van der Waals surface area contributed by atoms with Gasteiger partial charge in [-0.2, -0.15) is 0 Å². The highest BCUT2D eigenvalue weighted by atomic mass is 16.2. The summed E-state index contributed by atoms with van der Waals surface area (Å²) in [6.07, 6.45) is 4.34. The smallest absolute Gasteiger partial charge is 0.245 e. The highest BCUT2D eigenvalue weighted by Crippen LogP contribution is 2.20. The zero-order valence-corrected chi connectivity index (χ0v) is 41.2. The number of carbonyl (C=O) groups is 9. The molecule has 0 saturated carbocycles. The van der Waals surface area contributed by atoms with Gasteiger partial charge in [0.2, 0.25) is 53.2 Å². The van der Waals surface area contributed by atoms with Crippen LogP contribution in [0, 0.1) is 11.8 Å². The second-order valence-corrected chi connectivity index (χ2v) is 19.0. The molecular weight excluding hydrogens is 915 g/mol. The van der Waals surface area contributed by atoms with Gasteiger partial charge < -0.3 is 64.4 Å². The Morgan fingerprint density at radius 3 is 1.87 bits per heavy atom. The van der Waals surface area contributed by atoms with Crippen LogP contribution in [0.3, 0.4) is 0 Å². The third-order valence-electron chi connectivity index (χ3n) is 11.6. The Hall–Kier alpha value is -7.62. The molecule has 0 aliphatic heterocycles. The number of H-pyrrole nitrogens is 2. The molecule has 4 aromatic rings. The number of para-hydroxylation sites is 1. The van der Waals surface area contributed by atoms with E-state index in [2.05, 4.69) is 52.2 Å². The molecule has 0 radical (unpaired) electrons. The number of amides is 9. The molecule has 0 spiro atoms. The van der Waals surface area contributed by atoms with Crippen molar-refractivity contribution in [1.29, 1.82) is 0 Å². The number of rotatable bonds is 27. The van der Waals surface area contributed by atoms with E-state index in [9.17, 15) is 43.2 Å². The number of nitrogens with zero attached hydrogens (tertiary/aromatic N) is 1. The molecule has 2 heterocycles. The maximum atomic E-state index is 14.2. The van der Waals surface area contributed by atoms with Crippen LogP contribution in [0.15, 0.2) is 73.3 Å². The molecule has 384 valence electrons. The summed E-state index contributed by atoms with van der Waals surface area (Å²) >= 11 is 0. The number of carbonyl (C=O) groups excluding carboxylic acids is 9. The summed E-state index contributed by atoms with van der Waals surface area (Å²) in [5.74, 6) is -7.31. The molecule has 0 fully saturated rings. The summed E-state index contributed by atoms with van der Waals surface area (Å²) in [5.41, 5.74) is 18.2. The predicted molar refractivity (Wildman–Crippen MR) is 264 cm³/mol. The summed E-state index contributed by atoms with van der Waals surface area (Å²) in [7, 11) is 0. The first-order valence-corrected chi connectivity index (χ1v) is 23.5.